The Labute approximate surface area is 134 Å². The van der Waals surface area contributed by atoms with Crippen molar-refractivity contribution in [3.63, 3.8) is 0 Å². The van der Waals surface area contributed by atoms with Crippen molar-refractivity contribution < 1.29 is 14.3 Å². The van der Waals surface area contributed by atoms with Gasteiger partial charge in [0.05, 0.1) is 7.11 Å². The SMILES string of the molecule is CCCCCC(=O)OC1CCCCC1c1ccccc1OC. The number of benzene rings is 1. The minimum absolute atomic E-state index is 0.000762. The van der Waals surface area contributed by atoms with E-state index in [1.807, 2.05) is 18.2 Å². The summed E-state index contributed by atoms with van der Waals surface area (Å²) in [6.07, 6.45) is 8.04. The Kier molecular flexibility index (Phi) is 6.75. The summed E-state index contributed by atoms with van der Waals surface area (Å²) in [4.78, 5) is 12.1. The van der Waals surface area contributed by atoms with E-state index >= 15 is 0 Å². The van der Waals surface area contributed by atoms with Crippen LogP contribution in [0.25, 0.3) is 0 Å². The molecule has 0 bridgehead atoms. The maximum Gasteiger partial charge on any atom is 0.306 e. The fourth-order valence-corrected chi connectivity index (χ4v) is 3.31. The van der Waals surface area contributed by atoms with Gasteiger partial charge in [0.2, 0.25) is 0 Å². The molecule has 1 saturated carbocycles. The summed E-state index contributed by atoms with van der Waals surface area (Å²) in [6, 6.07) is 8.11. The van der Waals surface area contributed by atoms with Gasteiger partial charge < -0.3 is 9.47 Å². The van der Waals surface area contributed by atoms with Gasteiger partial charge in [-0.3, -0.25) is 4.79 Å². The predicted octanol–water partition coefficient (Wildman–Crippen LogP) is 4.84. The highest BCUT2D eigenvalue weighted by molar-refractivity contribution is 5.69. The van der Waals surface area contributed by atoms with E-state index < -0.39 is 0 Å². The van der Waals surface area contributed by atoms with Crippen molar-refractivity contribution >= 4 is 5.97 Å². The molecule has 3 heteroatoms. The zero-order chi connectivity index (χ0) is 15.8. The molecule has 2 atom stereocenters. The third kappa shape index (κ3) is 4.49. The number of rotatable bonds is 7. The normalized spacial score (nSPS) is 21.4. The molecule has 2 unspecified atom stereocenters. The lowest BCUT2D eigenvalue weighted by atomic mass is 9.81. The molecule has 1 aliphatic rings. The molecule has 2 rings (SSSR count). The highest BCUT2D eigenvalue weighted by atomic mass is 16.5. The second kappa shape index (κ2) is 8.82. The summed E-state index contributed by atoms with van der Waals surface area (Å²) in [5.41, 5.74) is 1.18. The van der Waals surface area contributed by atoms with Crippen molar-refractivity contribution in [1.29, 1.82) is 0 Å². The molecule has 1 aliphatic carbocycles. The molecule has 0 saturated heterocycles. The number of para-hydroxylation sites is 1. The van der Waals surface area contributed by atoms with Crippen LogP contribution in [0.4, 0.5) is 0 Å². The Hall–Kier alpha value is -1.51. The number of unbranched alkanes of at least 4 members (excludes halogenated alkanes) is 2. The van der Waals surface area contributed by atoms with E-state index in [1.165, 1.54) is 12.0 Å². The molecule has 0 radical (unpaired) electrons. The van der Waals surface area contributed by atoms with E-state index in [4.69, 9.17) is 9.47 Å². The van der Waals surface area contributed by atoms with Crippen molar-refractivity contribution in [2.24, 2.45) is 0 Å². The Bertz CT molecular complexity index is 470. The largest absolute Gasteiger partial charge is 0.496 e. The molecule has 3 nitrogen and oxygen atoms in total. The third-order valence-corrected chi connectivity index (χ3v) is 4.51. The zero-order valence-corrected chi connectivity index (χ0v) is 13.8. The van der Waals surface area contributed by atoms with Crippen LogP contribution >= 0.6 is 0 Å². The van der Waals surface area contributed by atoms with Gasteiger partial charge in [0, 0.05) is 17.9 Å². The summed E-state index contributed by atoms with van der Waals surface area (Å²) >= 11 is 0. The fourth-order valence-electron chi connectivity index (χ4n) is 3.31. The van der Waals surface area contributed by atoms with Crippen LogP contribution in [0.1, 0.15) is 69.8 Å². The maximum atomic E-state index is 12.1. The summed E-state index contributed by atoms with van der Waals surface area (Å²) in [6.45, 7) is 2.14. The molecule has 1 fully saturated rings. The minimum Gasteiger partial charge on any atom is -0.496 e. The molecule has 122 valence electrons. The van der Waals surface area contributed by atoms with E-state index in [9.17, 15) is 4.79 Å². The molecule has 1 aromatic rings. The molecule has 22 heavy (non-hydrogen) atoms. The second-order valence-electron chi connectivity index (χ2n) is 6.12. The highest BCUT2D eigenvalue weighted by Gasteiger charge is 2.31. The molecule has 0 heterocycles. The predicted molar refractivity (Wildman–Crippen MR) is 88.2 cm³/mol. The first-order chi connectivity index (χ1) is 10.8. The summed E-state index contributed by atoms with van der Waals surface area (Å²) in [5, 5.41) is 0. The van der Waals surface area contributed by atoms with Gasteiger partial charge in [0.1, 0.15) is 11.9 Å². The number of methoxy groups -OCH3 is 1. The van der Waals surface area contributed by atoms with Crippen molar-refractivity contribution in [2.75, 3.05) is 7.11 Å². The molecular formula is C19H28O3. The topological polar surface area (TPSA) is 35.5 Å². The van der Waals surface area contributed by atoms with Gasteiger partial charge in [-0.25, -0.2) is 0 Å². The van der Waals surface area contributed by atoms with E-state index in [-0.39, 0.29) is 18.0 Å². The first-order valence-corrected chi connectivity index (χ1v) is 8.58. The molecule has 1 aromatic carbocycles. The van der Waals surface area contributed by atoms with Crippen LogP contribution in [-0.4, -0.2) is 19.2 Å². The van der Waals surface area contributed by atoms with Crippen LogP contribution in [0.2, 0.25) is 0 Å². The second-order valence-corrected chi connectivity index (χ2v) is 6.12. The van der Waals surface area contributed by atoms with Crippen LogP contribution in [-0.2, 0) is 9.53 Å². The number of carbonyl (C=O) groups excluding carboxylic acids is 1. The van der Waals surface area contributed by atoms with Crippen molar-refractivity contribution in [3.8, 4) is 5.75 Å². The third-order valence-electron chi connectivity index (χ3n) is 4.51. The van der Waals surface area contributed by atoms with Gasteiger partial charge in [-0.1, -0.05) is 44.4 Å². The lowest BCUT2D eigenvalue weighted by molar-refractivity contribution is -0.151. The Morgan fingerprint density at radius 1 is 1.18 bits per heavy atom. The van der Waals surface area contributed by atoms with Crippen LogP contribution in [0.15, 0.2) is 24.3 Å². The quantitative estimate of drug-likeness (QED) is 0.534. The number of hydrogen-bond donors (Lipinski definition) is 0. The van der Waals surface area contributed by atoms with Crippen LogP contribution < -0.4 is 4.74 Å². The molecule has 0 amide bonds. The van der Waals surface area contributed by atoms with Crippen LogP contribution in [0.5, 0.6) is 5.75 Å². The molecular weight excluding hydrogens is 276 g/mol. The van der Waals surface area contributed by atoms with E-state index in [2.05, 4.69) is 13.0 Å². The fraction of sp³-hybridized carbons (Fsp3) is 0.632. The van der Waals surface area contributed by atoms with Crippen molar-refractivity contribution in [1.82, 2.24) is 0 Å². The van der Waals surface area contributed by atoms with E-state index in [0.717, 1.165) is 44.3 Å². The van der Waals surface area contributed by atoms with Gasteiger partial charge in [0.25, 0.3) is 0 Å². The Balaban J connectivity index is 2.03. The lowest BCUT2D eigenvalue weighted by Gasteiger charge is -2.32. The zero-order valence-electron chi connectivity index (χ0n) is 13.8. The van der Waals surface area contributed by atoms with E-state index in [1.54, 1.807) is 7.11 Å². The molecule has 0 aliphatic heterocycles. The van der Waals surface area contributed by atoms with Crippen LogP contribution in [0, 0.1) is 0 Å². The molecule has 0 aromatic heterocycles. The average Bonchev–Trinajstić information content (AvgIpc) is 2.55. The number of esters is 1. The van der Waals surface area contributed by atoms with Crippen molar-refractivity contribution in [2.45, 2.75) is 70.3 Å². The standard InChI is InChI=1S/C19H28O3/c1-3-4-5-14-19(20)22-18-13-9-7-11-16(18)15-10-6-8-12-17(15)21-2/h6,8,10,12,16,18H,3-5,7,9,11,13-14H2,1-2H3. The Morgan fingerprint density at radius 3 is 2.73 bits per heavy atom. The summed E-state index contributed by atoms with van der Waals surface area (Å²) in [5.74, 6) is 1.13. The Morgan fingerprint density at radius 2 is 1.95 bits per heavy atom. The van der Waals surface area contributed by atoms with Crippen molar-refractivity contribution in [3.05, 3.63) is 29.8 Å². The number of carbonyl (C=O) groups is 1. The molecule has 0 N–H and O–H groups in total. The molecule has 0 spiro atoms. The van der Waals surface area contributed by atoms with Gasteiger partial charge in [-0.05, 0) is 31.7 Å². The summed E-state index contributed by atoms with van der Waals surface area (Å²) < 4.78 is 11.3. The van der Waals surface area contributed by atoms with Gasteiger partial charge in [-0.2, -0.15) is 0 Å². The van der Waals surface area contributed by atoms with Crippen LogP contribution in [0.3, 0.4) is 0 Å². The first kappa shape index (κ1) is 16.9. The first-order valence-electron chi connectivity index (χ1n) is 8.58. The highest BCUT2D eigenvalue weighted by Crippen LogP contribution is 2.39. The van der Waals surface area contributed by atoms with Gasteiger partial charge >= 0.3 is 5.97 Å². The number of ether oxygens (including phenoxy) is 2. The van der Waals surface area contributed by atoms with E-state index in [0.29, 0.717) is 6.42 Å². The maximum absolute atomic E-state index is 12.1. The van der Waals surface area contributed by atoms with Gasteiger partial charge in [0.15, 0.2) is 0 Å². The number of hydrogen-bond acceptors (Lipinski definition) is 3. The average molecular weight is 304 g/mol. The smallest absolute Gasteiger partial charge is 0.306 e. The monoisotopic (exact) mass is 304 g/mol. The minimum atomic E-state index is -0.0414. The van der Waals surface area contributed by atoms with Gasteiger partial charge in [-0.15, -0.1) is 0 Å². The summed E-state index contributed by atoms with van der Waals surface area (Å²) in [7, 11) is 1.70. The lowest BCUT2D eigenvalue weighted by Crippen LogP contribution is -2.29.